The second kappa shape index (κ2) is 5.32. The van der Waals surface area contributed by atoms with Crippen LogP contribution in [0.3, 0.4) is 0 Å². The minimum Gasteiger partial charge on any atom is -0.282 e. The molecule has 1 atom stereocenters. The molecule has 0 bridgehead atoms. The Morgan fingerprint density at radius 2 is 1.94 bits per heavy atom. The third-order valence-electron chi connectivity index (χ3n) is 2.21. The van der Waals surface area contributed by atoms with Crippen LogP contribution in [0.2, 0.25) is 0 Å². The lowest BCUT2D eigenvalue weighted by Crippen LogP contribution is -2.12. The summed E-state index contributed by atoms with van der Waals surface area (Å²) >= 11 is 0. The van der Waals surface area contributed by atoms with Crippen LogP contribution in [-0.2, 0) is 19.2 Å². The largest absolute Gasteiger partial charge is 0.476 e. The Hall–Kier alpha value is -0.670. The maximum atomic E-state index is 11.4. The monoisotopic (exact) mass is 293 g/mol. The predicted molar refractivity (Wildman–Crippen MR) is 65.2 cm³/mol. The molecule has 0 fully saturated rings. The molecule has 1 unspecified atom stereocenters. The minimum atomic E-state index is -4.47. The smallest absolute Gasteiger partial charge is 0.282 e. The normalized spacial score (nSPS) is 13.1. The fraction of sp³-hybridized carbons (Fsp3) is 0.333. The summed E-state index contributed by atoms with van der Waals surface area (Å²) in [6.07, 6.45) is 0. The average molecular weight is 293 g/mol. The van der Waals surface area contributed by atoms with Crippen molar-refractivity contribution in [3.8, 4) is 0 Å². The summed E-state index contributed by atoms with van der Waals surface area (Å²) in [5.41, 5.74) is 0.687. The first-order chi connectivity index (χ1) is 7.77. The summed E-state index contributed by atoms with van der Waals surface area (Å²) in [5.74, 6) is 0.0623. The summed E-state index contributed by atoms with van der Waals surface area (Å²) in [4.78, 5) is -0.437. The first-order valence-electron chi connectivity index (χ1n) is 4.69. The molecule has 0 radical (unpaired) electrons. The van der Waals surface area contributed by atoms with Crippen molar-refractivity contribution >= 4 is 31.1 Å². The van der Waals surface area contributed by atoms with Crippen LogP contribution in [-0.4, -0.2) is 13.0 Å². The van der Waals surface area contributed by atoms with E-state index < -0.39 is 30.7 Å². The summed E-state index contributed by atoms with van der Waals surface area (Å²) in [7, 11) is -7.50. The van der Waals surface area contributed by atoms with Gasteiger partial charge in [-0.1, -0.05) is 24.5 Å². The first kappa shape index (κ1) is 14.4. The van der Waals surface area contributed by atoms with Crippen molar-refractivity contribution in [1.82, 2.24) is 0 Å². The lowest BCUT2D eigenvalue weighted by Gasteiger charge is -2.06. The Labute approximate surface area is 102 Å². The van der Waals surface area contributed by atoms with Gasteiger partial charge in [0, 0.05) is 0 Å². The highest BCUT2D eigenvalue weighted by Crippen LogP contribution is 2.37. The van der Waals surface area contributed by atoms with Gasteiger partial charge in [-0.2, -0.15) is 8.42 Å². The molecular formula is C9H11O5P2S+. The molecule has 0 saturated carbocycles. The molecule has 0 aromatic heterocycles. The van der Waals surface area contributed by atoms with Gasteiger partial charge in [-0.15, -0.1) is 0 Å². The number of rotatable bonds is 4. The van der Waals surface area contributed by atoms with Crippen molar-refractivity contribution < 1.29 is 22.1 Å². The second-order valence-corrected chi connectivity index (χ2v) is 7.87. The SMILES string of the molecule is CC(C)c1ccc([P+](=O)P=O)c(S(=O)(=O)O)c1. The molecule has 0 aliphatic heterocycles. The third kappa shape index (κ3) is 3.39. The van der Waals surface area contributed by atoms with Gasteiger partial charge in [-0.05, 0) is 23.6 Å². The molecule has 0 spiro atoms. The lowest BCUT2D eigenvalue weighted by molar-refractivity contribution is 0.483. The zero-order chi connectivity index (χ0) is 13.2. The zero-order valence-electron chi connectivity index (χ0n) is 9.19. The van der Waals surface area contributed by atoms with Crippen LogP contribution >= 0.6 is 15.6 Å². The average Bonchev–Trinajstić information content (AvgIpc) is 2.26. The van der Waals surface area contributed by atoms with Gasteiger partial charge in [0.15, 0.2) is 0 Å². The van der Waals surface area contributed by atoms with E-state index in [2.05, 4.69) is 0 Å². The van der Waals surface area contributed by atoms with Crippen molar-refractivity contribution in [1.29, 1.82) is 0 Å². The van der Waals surface area contributed by atoms with E-state index in [0.29, 0.717) is 5.56 Å². The molecule has 0 aliphatic rings. The van der Waals surface area contributed by atoms with Crippen molar-refractivity contribution in [2.24, 2.45) is 0 Å². The summed E-state index contributed by atoms with van der Waals surface area (Å²) in [6, 6.07) is 4.18. The van der Waals surface area contributed by atoms with Gasteiger partial charge in [0.25, 0.3) is 10.1 Å². The maximum Gasteiger partial charge on any atom is 0.476 e. The fourth-order valence-electron chi connectivity index (χ4n) is 1.30. The van der Waals surface area contributed by atoms with Crippen molar-refractivity contribution in [3.63, 3.8) is 0 Å². The highest BCUT2D eigenvalue weighted by Gasteiger charge is 2.31. The van der Waals surface area contributed by atoms with E-state index in [1.54, 1.807) is 6.07 Å². The van der Waals surface area contributed by atoms with E-state index in [0.717, 1.165) is 0 Å². The number of hydrogen-bond acceptors (Lipinski definition) is 4. The van der Waals surface area contributed by atoms with Crippen LogP contribution in [0.4, 0.5) is 0 Å². The van der Waals surface area contributed by atoms with E-state index >= 15 is 0 Å². The van der Waals surface area contributed by atoms with Gasteiger partial charge in [0.1, 0.15) is 4.90 Å². The van der Waals surface area contributed by atoms with Crippen molar-refractivity contribution in [2.75, 3.05) is 0 Å². The molecule has 92 valence electrons. The molecule has 1 aromatic rings. The van der Waals surface area contributed by atoms with Crippen LogP contribution < -0.4 is 5.30 Å². The first-order valence-corrected chi connectivity index (χ1v) is 8.91. The molecule has 5 nitrogen and oxygen atoms in total. The van der Waals surface area contributed by atoms with Gasteiger partial charge < -0.3 is 0 Å². The third-order valence-corrected chi connectivity index (χ3v) is 5.30. The van der Waals surface area contributed by atoms with Crippen molar-refractivity contribution in [3.05, 3.63) is 23.8 Å². The zero-order valence-corrected chi connectivity index (χ0v) is 11.8. The van der Waals surface area contributed by atoms with E-state index in [1.807, 2.05) is 13.8 Å². The number of benzene rings is 1. The summed E-state index contributed by atoms with van der Waals surface area (Å²) < 4.78 is 53.4. The summed E-state index contributed by atoms with van der Waals surface area (Å²) in [5, 5.41) is -0.122. The molecule has 1 aromatic carbocycles. The Kier molecular flexibility index (Phi) is 4.50. The van der Waals surface area contributed by atoms with Crippen LogP contribution in [0, 0.1) is 0 Å². The Morgan fingerprint density at radius 1 is 1.35 bits per heavy atom. The molecule has 17 heavy (non-hydrogen) atoms. The van der Waals surface area contributed by atoms with Gasteiger partial charge in [0.2, 0.25) is 5.30 Å². The van der Waals surface area contributed by atoms with Crippen LogP contribution in [0.5, 0.6) is 0 Å². The van der Waals surface area contributed by atoms with Gasteiger partial charge in [-0.3, -0.25) is 4.55 Å². The van der Waals surface area contributed by atoms with E-state index in [-0.39, 0.29) is 11.2 Å². The predicted octanol–water partition coefficient (Wildman–Crippen LogP) is 2.72. The highest BCUT2D eigenvalue weighted by atomic mass is 32.2. The molecule has 0 amide bonds. The molecule has 0 heterocycles. The van der Waals surface area contributed by atoms with Crippen LogP contribution in [0.15, 0.2) is 23.1 Å². The maximum absolute atomic E-state index is 11.4. The Morgan fingerprint density at radius 3 is 2.35 bits per heavy atom. The molecule has 1 N–H and O–H groups in total. The molecular weight excluding hydrogens is 282 g/mol. The quantitative estimate of drug-likeness (QED) is 0.681. The highest BCUT2D eigenvalue weighted by molar-refractivity contribution is 8.13. The molecule has 0 aliphatic carbocycles. The Balaban J connectivity index is 3.53. The molecule has 8 heteroatoms. The second-order valence-electron chi connectivity index (χ2n) is 3.71. The van der Waals surface area contributed by atoms with Gasteiger partial charge in [0.05, 0.1) is 0 Å². The Bertz CT molecular complexity index is 565. The van der Waals surface area contributed by atoms with Crippen LogP contribution in [0.1, 0.15) is 25.3 Å². The molecule has 1 rings (SSSR count). The minimum absolute atomic E-state index is 0.0623. The number of hydrogen-bond donors (Lipinski definition) is 1. The van der Waals surface area contributed by atoms with Crippen LogP contribution in [0.25, 0.3) is 0 Å². The van der Waals surface area contributed by atoms with E-state index in [9.17, 15) is 17.5 Å². The van der Waals surface area contributed by atoms with E-state index in [4.69, 9.17) is 4.55 Å². The molecule has 0 saturated heterocycles. The lowest BCUT2D eigenvalue weighted by atomic mass is 10.0. The van der Waals surface area contributed by atoms with Gasteiger partial charge >= 0.3 is 15.6 Å². The van der Waals surface area contributed by atoms with Gasteiger partial charge in [-0.25, -0.2) is 4.57 Å². The fourth-order valence-corrected chi connectivity index (χ4v) is 4.04. The summed E-state index contributed by atoms with van der Waals surface area (Å²) in [6.45, 7) is 3.71. The standard InChI is InChI=1S/C9H10O5P2S/c1-6(2)7-3-4-8(16(11)15-10)9(5-7)17(12,13)14/h3-6H,1-2H3/p+1. The topological polar surface area (TPSA) is 88.5 Å². The van der Waals surface area contributed by atoms with E-state index in [1.165, 1.54) is 12.1 Å². The van der Waals surface area contributed by atoms with Crippen molar-refractivity contribution in [2.45, 2.75) is 24.7 Å².